The molecule has 9 heteroatoms. The third kappa shape index (κ3) is 3.88. The second-order valence-corrected chi connectivity index (χ2v) is 6.91. The molecule has 0 unspecified atom stereocenters. The molecule has 0 spiro atoms. The summed E-state index contributed by atoms with van der Waals surface area (Å²) in [7, 11) is -4.42. The fourth-order valence-corrected chi connectivity index (χ4v) is 3.57. The van der Waals surface area contributed by atoms with Crippen LogP contribution in [0.3, 0.4) is 0 Å². The van der Waals surface area contributed by atoms with Gasteiger partial charge in [0.15, 0.2) is 5.78 Å². The number of hydrogen-bond donors (Lipinski definition) is 1. The largest absolute Gasteiger partial charge is 0.416 e. The maximum absolute atomic E-state index is 12.8. The average Bonchev–Trinajstić information content (AvgIpc) is 2.46. The predicted molar refractivity (Wildman–Crippen MR) is 83.7 cm³/mol. The van der Waals surface area contributed by atoms with Crippen LogP contribution in [-0.2, 0) is 16.2 Å². The van der Waals surface area contributed by atoms with E-state index in [9.17, 15) is 26.4 Å². The Balaban J connectivity index is 2.51. The summed E-state index contributed by atoms with van der Waals surface area (Å²) in [4.78, 5) is 10.8. The van der Waals surface area contributed by atoms with Gasteiger partial charge in [-0.15, -0.1) is 0 Å². The molecule has 128 valence electrons. The van der Waals surface area contributed by atoms with Crippen LogP contribution < -0.4 is 4.72 Å². The highest BCUT2D eigenvalue weighted by molar-refractivity contribution is 7.92. The van der Waals surface area contributed by atoms with Gasteiger partial charge in [0.2, 0.25) is 0 Å². The van der Waals surface area contributed by atoms with Crippen LogP contribution in [0.5, 0.6) is 0 Å². The molecule has 2 aromatic carbocycles. The molecule has 0 fully saturated rings. The number of para-hydroxylation sites is 1. The Bertz CT molecular complexity index is 895. The third-order valence-corrected chi connectivity index (χ3v) is 4.95. The van der Waals surface area contributed by atoms with Gasteiger partial charge in [-0.05, 0) is 37.3 Å². The first-order chi connectivity index (χ1) is 11.0. The minimum Gasteiger partial charge on any atom is -0.294 e. The van der Waals surface area contributed by atoms with E-state index in [2.05, 4.69) is 4.72 Å². The second kappa shape index (κ2) is 6.45. The predicted octanol–water partition coefficient (Wildman–Crippen LogP) is 4.36. The topological polar surface area (TPSA) is 63.2 Å². The van der Waals surface area contributed by atoms with Gasteiger partial charge in [0.1, 0.15) is 4.90 Å². The van der Waals surface area contributed by atoms with E-state index in [0.717, 1.165) is 6.07 Å². The first-order valence-electron chi connectivity index (χ1n) is 6.52. The normalized spacial score (nSPS) is 12.0. The van der Waals surface area contributed by atoms with Crippen LogP contribution >= 0.6 is 11.6 Å². The summed E-state index contributed by atoms with van der Waals surface area (Å²) in [6.45, 7) is 1.24. The quantitative estimate of drug-likeness (QED) is 0.805. The number of anilines is 1. The Morgan fingerprint density at radius 1 is 1.12 bits per heavy atom. The van der Waals surface area contributed by atoms with Gasteiger partial charge in [-0.2, -0.15) is 13.2 Å². The van der Waals surface area contributed by atoms with E-state index in [1.807, 2.05) is 0 Å². The zero-order valence-electron chi connectivity index (χ0n) is 12.2. The zero-order chi connectivity index (χ0) is 18.1. The Morgan fingerprint density at radius 3 is 2.33 bits per heavy atom. The monoisotopic (exact) mass is 377 g/mol. The Morgan fingerprint density at radius 2 is 1.75 bits per heavy atom. The molecule has 0 saturated heterocycles. The summed E-state index contributed by atoms with van der Waals surface area (Å²) >= 11 is 5.75. The molecule has 0 radical (unpaired) electrons. The number of alkyl halides is 3. The molecule has 0 amide bonds. The minimum atomic E-state index is -4.72. The molecular formula is C15H11ClF3NO3S. The maximum atomic E-state index is 12.8. The highest BCUT2D eigenvalue weighted by atomic mass is 35.5. The number of sulfonamides is 1. The third-order valence-electron chi connectivity index (χ3n) is 3.10. The van der Waals surface area contributed by atoms with Crippen molar-refractivity contribution < 1.29 is 26.4 Å². The van der Waals surface area contributed by atoms with Crippen molar-refractivity contribution in [3.05, 3.63) is 58.6 Å². The number of ketones is 1. The number of Topliss-reactive ketones (excluding diaryl/α,β-unsaturated/α-hetero) is 1. The summed E-state index contributed by atoms with van der Waals surface area (Å²) in [6, 6.07) is 7.73. The van der Waals surface area contributed by atoms with E-state index in [4.69, 9.17) is 11.6 Å². The van der Waals surface area contributed by atoms with Gasteiger partial charge < -0.3 is 0 Å². The van der Waals surface area contributed by atoms with Gasteiger partial charge in [0.25, 0.3) is 10.0 Å². The lowest BCUT2D eigenvalue weighted by atomic mass is 10.1. The van der Waals surface area contributed by atoms with Crippen LogP contribution in [0.25, 0.3) is 0 Å². The van der Waals surface area contributed by atoms with Crippen molar-refractivity contribution in [1.29, 1.82) is 0 Å². The molecule has 1 N–H and O–H groups in total. The van der Waals surface area contributed by atoms with Crippen LogP contribution in [0.4, 0.5) is 18.9 Å². The van der Waals surface area contributed by atoms with Gasteiger partial charge in [-0.3, -0.25) is 9.52 Å². The molecule has 0 heterocycles. The van der Waals surface area contributed by atoms with Crippen molar-refractivity contribution in [2.24, 2.45) is 0 Å². The van der Waals surface area contributed by atoms with Crippen LogP contribution in [0, 0.1) is 0 Å². The van der Waals surface area contributed by atoms with Crippen LogP contribution in [0.2, 0.25) is 5.02 Å². The summed E-state index contributed by atoms with van der Waals surface area (Å²) in [5.74, 6) is -0.400. The number of halogens is 4. The van der Waals surface area contributed by atoms with Crippen LogP contribution in [0.15, 0.2) is 47.4 Å². The Kier molecular flexibility index (Phi) is 4.91. The molecular weight excluding hydrogens is 367 g/mol. The summed E-state index contributed by atoms with van der Waals surface area (Å²) in [6.07, 6.45) is -4.72. The standard InChI is InChI=1S/C15H11ClF3NO3S/c1-9(21)11-4-2-3-5-13(11)20-24(22,23)14-8-10(15(17,18)19)6-7-12(14)16/h2-8,20H,1H3. The van der Waals surface area contributed by atoms with E-state index in [1.54, 1.807) is 0 Å². The molecule has 0 aliphatic heterocycles. The lowest BCUT2D eigenvalue weighted by molar-refractivity contribution is -0.137. The first-order valence-corrected chi connectivity index (χ1v) is 8.38. The molecule has 2 aromatic rings. The first kappa shape index (κ1) is 18.3. The molecule has 0 bridgehead atoms. The molecule has 0 aliphatic rings. The fourth-order valence-electron chi connectivity index (χ4n) is 1.96. The number of hydrogen-bond acceptors (Lipinski definition) is 3. The number of nitrogens with one attached hydrogen (secondary N) is 1. The van der Waals surface area contributed by atoms with Gasteiger partial charge in [0, 0.05) is 5.56 Å². The van der Waals surface area contributed by atoms with Crippen LogP contribution in [-0.4, -0.2) is 14.2 Å². The van der Waals surface area contributed by atoms with Crippen molar-refractivity contribution in [3.8, 4) is 0 Å². The molecule has 0 saturated carbocycles. The van der Waals surface area contributed by atoms with E-state index in [0.29, 0.717) is 12.1 Å². The smallest absolute Gasteiger partial charge is 0.294 e. The lowest BCUT2D eigenvalue weighted by Gasteiger charge is -2.14. The Labute approximate surface area is 141 Å². The van der Waals surface area contributed by atoms with Crippen LogP contribution in [0.1, 0.15) is 22.8 Å². The number of carbonyl (C=O) groups excluding carboxylic acids is 1. The maximum Gasteiger partial charge on any atom is 0.416 e. The Hall–Kier alpha value is -2.06. The average molecular weight is 378 g/mol. The SMILES string of the molecule is CC(=O)c1ccccc1NS(=O)(=O)c1cc(C(F)(F)F)ccc1Cl. The number of carbonyl (C=O) groups is 1. The van der Waals surface area contributed by atoms with Crippen molar-refractivity contribution in [3.63, 3.8) is 0 Å². The molecule has 24 heavy (non-hydrogen) atoms. The molecule has 2 rings (SSSR count). The zero-order valence-corrected chi connectivity index (χ0v) is 13.8. The summed E-state index contributed by atoms with van der Waals surface area (Å²) < 4.78 is 65.3. The van der Waals surface area contributed by atoms with Crippen molar-refractivity contribution in [2.45, 2.75) is 18.0 Å². The lowest BCUT2D eigenvalue weighted by Crippen LogP contribution is -2.17. The number of rotatable bonds is 4. The summed E-state index contributed by atoms with van der Waals surface area (Å²) in [5, 5.41) is -0.365. The van der Waals surface area contributed by atoms with Gasteiger partial charge in [0.05, 0.1) is 16.3 Å². The van der Waals surface area contributed by atoms with Crippen molar-refractivity contribution in [2.75, 3.05) is 4.72 Å². The van der Waals surface area contributed by atoms with Gasteiger partial charge in [-0.1, -0.05) is 23.7 Å². The van der Waals surface area contributed by atoms with Gasteiger partial charge >= 0.3 is 6.18 Å². The molecule has 0 aliphatic carbocycles. The van der Waals surface area contributed by atoms with Crippen molar-refractivity contribution in [1.82, 2.24) is 0 Å². The van der Waals surface area contributed by atoms with E-state index in [-0.39, 0.29) is 16.3 Å². The summed E-state index contributed by atoms with van der Waals surface area (Å²) in [5.41, 5.74) is -1.10. The molecule has 0 aromatic heterocycles. The highest BCUT2D eigenvalue weighted by Crippen LogP contribution is 2.34. The van der Waals surface area contributed by atoms with Crippen molar-refractivity contribution >= 4 is 33.1 Å². The minimum absolute atomic E-state index is 0.0431. The second-order valence-electron chi connectivity index (χ2n) is 4.85. The van der Waals surface area contributed by atoms with E-state index in [1.165, 1.54) is 31.2 Å². The fraction of sp³-hybridized carbons (Fsp3) is 0.133. The van der Waals surface area contributed by atoms with E-state index >= 15 is 0 Å². The van der Waals surface area contributed by atoms with E-state index < -0.39 is 32.4 Å². The molecule has 0 atom stereocenters. The highest BCUT2D eigenvalue weighted by Gasteiger charge is 2.33. The van der Waals surface area contributed by atoms with Gasteiger partial charge in [-0.25, -0.2) is 8.42 Å². The molecule has 4 nitrogen and oxygen atoms in total. The number of benzene rings is 2.